The van der Waals surface area contributed by atoms with Crippen LogP contribution in [0.15, 0.2) is 71.2 Å². The van der Waals surface area contributed by atoms with Crippen LogP contribution in [0, 0.1) is 0 Å². The Bertz CT molecular complexity index is 1450. The summed E-state index contributed by atoms with van der Waals surface area (Å²) in [5.74, 6) is -1.58. The monoisotopic (exact) mass is 668 g/mol. The highest BCUT2D eigenvalue weighted by molar-refractivity contribution is 9.10. The quantitative estimate of drug-likeness (QED) is 0.302. The highest BCUT2D eigenvalue weighted by Gasteiger charge is 2.41. The van der Waals surface area contributed by atoms with E-state index in [0.29, 0.717) is 27.6 Å². The van der Waals surface area contributed by atoms with Crippen LogP contribution < -0.4 is 15.4 Å². The molecule has 4 N–H and O–H groups in total. The smallest absolute Gasteiger partial charge is 0.252 e. The summed E-state index contributed by atoms with van der Waals surface area (Å²) in [6.45, 7) is 0.147. The van der Waals surface area contributed by atoms with Gasteiger partial charge in [-0.1, -0.05) is 63.4 Å². The number of halogens is 3. The maximum Gasteiger partial charge on any atom is 0.252 e. The van der Waals surface area contributed by atoms with Crippen molar-refractivity contribution in [1.29, 1.82) is 0 Å². The average Bonchev–Trinajstić information content (AvgIpc) is 2.86. The van der Waals surface area contributed by atoms with Crippen LogP contribution in [0.2, 0.25) is 10.0 Å². The Hall–Kier alpha value is -2.67. The van der Waals surface area contributed by atoms with Gasteiger partial charge in [-0.05, 0) is 53.6 Å². The third kappa shape index (κ3) is 6.96. The molecule has 1 saturated heterocycles. The Morgan fingerprint density at radius 3 is 2.02 bits per heavy atom. The van der Waals surface area contributed by atoms with Gasteiger partial charge in [0.2, 0.25) is 15.9 Å². The molecule has 4 rings (SSSR count). The van der Waals surface area contributed by atoms with E-state index in [1.54, 1.807) is 6.07 Å². The Kier molecular flexibility index (Phi) is 9.44. The number of benzene rings is 3. The number of likely N-dealkylation sites (tertiary alicyclic amines) is 1. The first-order chi connectivity index (χ1) is 18.9. The molecule has 0 aromatic heterocycles. The lowest BCUT2D eigenvalue weighted by Crippen LogP contribution is -2.61. The van der Waals surface area contributed by atoms with E-state index in [9.17, 15) is 23.1 Å². The van der Waals surface area contributed by atoms with Gasteiger partial charge in [0, 0.05) is 33.2 Å². The molecule has 0 spiro atoms. The molecule has 0 saturated carbocycles. The first-order valence-corrected chi connectivity index (χ1v) is 15.5. The lowest BCUT2D eigenvalue weighted by molar-refractivity contribution is -0.120. The Morgan fingerprint density at radius 1 is 1.05 bits per heavy atom. The molecule has 0 aliphatic carbocycles. The minimum Gasteiger partial charge on any atom is -0.394 e. The number of amides is 2. The number of hydrogen-bond donors (Lipinski definition) is 3. The first-order valence-electron chi connectivity index (χ1n) is 12.1. The number of aliphatic hydroxyl groups excluding tert-OH is 1. The van der Waals surface area contributed by atoms with Gasteiger partial charge in [0.1, 0.15) is 6.04 Å². The highest BCUT2D eigenvalue weighted by Crippen LogP contribution is 2.37. The molecule has 40 heavy (non-hydrogen) atoms. The molecule has 1 atom stereocenters. The summed E-state index contributed by atoms with van der Waals surface area (Å²) in [7, 11) is -3.76. The number of nitrogens with one attached hydrogen (secondary N) is 1. The summed E-state index contributed by atoms with van der Waals surface area (Å²) in [6, 6.07) is 17.7. The van der Waals surface area contributed by atoms with E-state index >= 15 is 0 Å². The van der Waals surface area contributed by atoms with Crippen molar-refractivity contribution in [2.24, 2.45) is 5.73 Å². The van der Waals surface area contributed by atoms with Crippen molar-refractivity contribution in [2.75, 3.05) is 30.3 Å². The molecular weight excluding hydrogens is 643 g/mol. The minimum atomic E-state index is -3.76. The lowest BCUT2D eigenvalue weighted by Gasteiger charge is -2.48. The second-order valence-electron chi connectivity index (χ2n) is 9.48. The molecule has 0 radical (unpaired) electrons. The molecule has 0 bridgehead atoms. The number of sulfonamides is 1. The number of rotatable bonds is 10. The summed E-state index contributed by atoms with van der Waals surface area (Å²) in [5, 5.41) is 12.9. The van der Waals surface area contributed by atoms with E-state index < -0.39 is 40.5 Å². The normalized spacial score (nSPS) is 14.9. The third-order valence-electron chi connectivity index (χ3n) is 6.55. The molecule has 3 aromatic rings. The molecule has 2 amide bonds. The summed E-state index contributed by atoms with van der Waals surface area (Å²) >= 11 is 15.6. The zero-order valence-corrected chi connectivity index (χ0v) is 25.2. The van der Waals surface area contributed by atoms with Crippen LogP contribution in [-0.4, -0.2) is 68.3 Å². The summed E-state index contributed by atoms with van der Waals surface area (Å²) in [6.07, 6.45) is 1.11. The van der Waals surface area contributed by atoms with Crippen molar-refractivity contribution in [3.63, 3.8) is 0 Å². The standard InChI is InChI=1S/C27H27BrCl2N4O5S/c1-40(38,39)34(22-11-18(10-19(28)12-22)27(37)32-24(15-35)26(31)36)23-13-33(14-23)25(16-2-6-20(29)7-3-16)17-4-8-21(30)9-5-17/h2-12,23-25,35H,13-15H2,1H3,(H2,31,36)(H,32,37)/t24-/m0/s1. The van der Waals surface area contributed by atoms with E-state index in [-0.39, 0.29) is 17.3 Å². The predicted molar refractivity (Wildman–Crippen MR) is 159 cm³/mol. The molecule has 9 nitrogen and oxygen atoms in total. The molecule has 0 unspecified atom stereocenters. The topological polar surface area (TPSA) is 133 Å². The molecule has 1 aliphatic rings. The fraction of sp³-hybridized carbons (Fsp3) is 0.259. The van der Waals surface area contributed by atoms with Crippen LogP contribution in [0.1, 0.15) is 27.5 Å². The van der Waals surface area contributed by atoms with Gasteiger partial charge in [-0.25, -0.2) is 8.42 Å². The van der Waals surface area contributed by atoms with Crippen molar-refractivity contribution in [1.82, 2.24) is 10.2 Å². The SMILES string of the molecule is CS(=O)(=O)N(c1cc(Br)cc(C(=O)N[C@@H](CO)C(N)=O)c1)C1CN(C(c2ccc(Cl)cc2)c2ccc(Cl)cc2)C1. The van der Waals surface area contributed by atoms with E-state index in [1.165, 1.54) is 16.4 Å². The highest BCUT2D eigenvalue weighted by atomic mass is 79.9. The first kappa shape index (κ1) is 30.3. The molecule has 3 aromatic carbocycles. The van der Waals surface area contributed by atoms with Crippen molar-refractivity contribution in [2.45, 2.75) is 18.1 Å². The largest absolute Gasteiger partial charge is 0.394 e. The Morgan fingerprint density at radius 2 is 1.57 bits per heavy atom. The number of primary amides is 1. The zero-order chi connectivity index (χ0) is 29.2. The number of aliphatic hydroxyl groups is 1. The summed E-state index contributed by atoms with van der Waals surface area (Å²) < 4.78 is 27.8. The fourth-order valence-electron chi connectivity index (χ4n) is 4.71. The van der Waals surface area contributed by atoms with Gasteiger partial charge in [0.05, 0.1) is 30.6 Å². The van der Waals surface area contributed by atoms with E-state index in [0.717, 1.165) is 17.4 Å². The number of nitrogens with two attached hydrogens (primary N) is 1. The number of carbonyl (C=O) groups is 2. The van der Waals surface area contributed by atoms with Crippen LogP contribution in [0.3, 0.4) is 0 Å². The Balaban J connectivity index is 1.63. The molecule has 1 fully saturated rings. The molecule has 1 heterocycles. The number of hydrogen-bond acceptors (Lipinski definition) is 6. The summed E-state index contributed by atoms with van der Waals surface area (Å²) in [4.78, 5) is 26.4. The van der Waals surface area contributed by atoms with Crippen molar-refractivity contribution in [3.8, 4) is 0 Å². The molecule has 13 heteroatoms. The van der Waals surface area contributed by atoms with Crippen molar-refractivity contribution in [3.05, 3.63) is 97.9 Å². The van der Waals surface area contributed by atoms with Crippen LogP contribution in [0.25, 0.3) is 0 Å². The zero-order valence-electron chi connectivity index (χ0n) is 21.3. The minimum absolute atomic E-state index is 0.0918. The van der Waals surface area contributed by atoms with E-state index in [4.69, 9.17) is 28.9 Å². The average molecular weight is 670 g/mol. The second-order valence-corrected chi connectivity index (χ2v) is 13.1. The molecule has 1 aliphatic heterocycles. The van der Waals surface area contributed by atoms with Gasteiger partial charge in [-0.15, -0.1) is 0 Å². The summed E-state index contributed by atoms with van der Waals surface area (Å²) in [5.41, 5.74) is 7.56. The van der Waals surface area contributed by atoms with Crippen LogP contribution in [0.5, 0.6) is 0 Å². The predicted octanol–water partition coefficient (Wildman–Crippen LogP) is 3.57. The second kappa shape index (κ2) is 12.5. The maximum absolute atomic E-state index is 13.0. The molecule has 212 valence electrons. The molecular formula is C27H27BrCl2N4O5S. The van der Waals surface area contributed by atoms with Crippen LogP contribution in [-0.2, 0) is 14.8 Å². The maximum atomic E-state index is 13.0. The number of anilines is 1. The van der Waals surface area contributed by atoms with Crippen molar-refractivity contribution < 1.29 is 23.1 Å². The van der Waals surface area contributed by atoms with E-state index in [1.807, 2.05) is 48.5 Å². The van der Waals surface area contributed by atoms with Gasteiger partial charge in [-0.3, -0.25) is 18.8 Å². The van der Waals surface area contributed by atoms with Crippen molar-refractivity contribution >= 4 is 66.7 Å². The van der Waals surface area contributed by atoms with Gasteiger partial charge in [-0.2, -0.15) is 0 Å². The van der Waals surface area contributed by atoms with Gasteiger partial charge in [0.15, 0.2) is 0 Å². The van der Waals surface area contributed by atoms with Gasteiger partial charge >= 0.3 is 0 Å². The van der Waals surface area contributed by atoms with Crippen LogP contribution in [0.4, 0.5) is 5.69 Å². The number of nitrogens with zero attached hydrogens (tertiary/aromatic N) is 2. The third-order valence-corrected chi connectivity index (χ3v) is 8.73. The van der Waals surface area contributed by atoms with Gasteiger partial charge in [0.25, 0.3) is 5.91 Å². The van der Waals surface area contributed by atoms with Crippen LogP contribution >= 0.6 is 39.1 Å². The van der Waals surface area contributed by atoms with E-state index in [2.05, 4.69) is 26.1 Å². The fourth-order valence-corrected chi connectivity index (χ4v) is 6.60. The lowest BCUT2D eigenvalue weighted by atomic mass is 9.93. The Labute approximate surface area is 251 Å². The van der Waals surface area contributed by atoms with Gasteiger partial charge < -0.3 is 16.2 Å². The number of carbonyl (C=O) groups excluding carboxylic acids is 2.